The molecule has 2 rings (SSSR count). The summed E-state index contributed by atoms with van der Waals surface area (Å²) in [6.07, 6.45) is 5.13. The maximum atomic E-state index is 5.78. The van der Waals surface area contributed by atoms with E-state index in [2.05, 4.69) is 21.9 Å². The summed E-state index contributed by atoms with van der Waals surface area (Å²) in [5.74, 6) is 0.562. The third-order valence-corrected chi connectivity index (χ3v) is 2.47. The molecule has 17 heavy (non-hydrogen) atoms. The quantitative estimate of drug-likeness (QED) is 0.873. The Labute approximate surface area is 106 Å². The lowest BCUT2D eigenvalue weighted by molar-refractivity contribution is 0.793. The predicted molar refractivity (Wildman–Crippen MR) is 72.0 cm³/mol. The van der Waals surface area contributed by atoms with E-state index >= 15 is 0 Å². The number of rotatable bonds is 3. The first-order chi connectivity index (χ1) is 7.70. The van der Waals surface area contributed by atoms with Crippen LogP contribution in [-0.4, -0.2) is 15.0 Å². The second-order valence-corrected chi connectivity index (χ2v) is 3.79. The zero-order valence-electron chi connectivity index (χ0n) is 9.68. The highest BCUT2D eigenvalue weighted by molar-refractivity contribution is 5.86. The highest BCUT2D eigenvalue weighted by atomic mass is 35.5. The van der Waals surface area contributed by atoms with E-state index in [0.717, 1.165) is 30.2 Å². The fourth-order valence-corrected chi connectivity index (χ4v) is 1.61. The van der Waals surface area contributed by atoms with Gasteiger partial charge in [-0.25, -0.2) is 4.98 Å². The maximum absolute atomic E-state index is 5.78. The Morgan fingerprint density at radius 1 is 1.24 bits per heavy atom. The normalized spacial score (nSPS) is 10.2. The van der Waals surface area contributed by atoms with E-state index in [0.29, 0.717) is 11.5 Å². The average molecular weight is 254 g/mol. The minimum Gasteiger partial charge on any atom is -0.383 e. The molecule has 0 radical (unpaired) electrons. The molecule has 0 fully saturated rings. The summed E-state index contributed by atoms with van der Waals surface area (Å²) in [5, 5.41) is 0.780. The highest BCUT2D eigenvalue weighted by Crippen LogP contribution is 2.18. The first-order valence-electron chi connectivity index (χ1n) is 5.38. The van der Waals surface area contributed by atoms with E-state index in [4.69, 9.17) is 11.5 Å². The zero-order chi connectivity index (χ0) is 11.5. The Balaban J connectivity index is 0.00000144. The molecular weight excluding hydrogens is 238 g/mol. The number of aromatic nitrogens is 3. The molecule has 0 aromatic carbocycles. The first kappa shape index (κ1) is 13.4. The lowest BCUT2D eigenvalue weighted by Gasteiger charge is -2.04. The Kier molecular flexibility index (Phi) is 4.45. The number of unbranched alkanes of at least 4 members (excludes halogenated alkanes) is 1. The molecule has 2 aromatic rings. The topological polar surface area (TPSA) is 90.7 Å². The molecule has 0 aliphatic heterocycles. The number of nitrogen functional groups attached to an aromatic ring is 2. The van der Waals surface area contributed by atoms with E-state index in [9.17, 15) is 0 Å². The van der Waals surface area contributed by atoms with Crippen LogP contribution < -0.4 is 11.5 Å². The summed E-state index contributed by atoms with van der Waals surface area (Å²) in [4.78, 5) is 12.2. The Hall–Kier alpha value is -1.62. The number of nitrogens with zero attached hydrogens (tertiary/aromatic N) is 3. The van der Waals surface area contributed by atoms with Gasteiger partial charge >= 0.3 is 0 Å². The SMILES string of the molecule is CCCCc1cnc2nc(N)nc(N)c2c1.Cl. The molecule has 92 valence electrons. The lowest BCUT2D eigenvalue weighted by Crippen LogP contribution is -2.02. The number of anilines is 2. The van der Waals surface area contributed by atoms with Crippen LogP contribution in [0.15, 0.2) is 12.3 Å². The first-order valence-corrected chi connectivity index (χ1v) is 5.38. The van der Waals surface area contributed by atoms with Crippen molar-refractivity contribution in [2.45, 2.75) is 26.2 Å². The molecule has 0 aliphatic rings. The van der Waals surface area contributed by atoms with Crippen LogP contribution >= 0.6 is 12.4 Å². The molecule has 0 atom stereocenters. The molecule has 0 amide bonds. The van der Waals surface area contributed by atoms with E-state index < -0.39 is 0 Å². The number of aryl methyl sites for hydroxylation is 1. The number of nitrogens with two attached hydrogens (primary N) is 2. The standard InChI is InChI=1S/C11H15N5.ClH/c1-2-3-4-7-5-8-9(12)15-11(13)16-10(8)14-6-7;/h5-6H,2-4H2,1H3,(H4,12,13,14,15,16);1H. The monoisotopic (exact) mass is 253 g/mol. The summed E-state index contributed by atoms with van der Waals surface area (Å²) in [6.45, 7) is 2.16. The largest absolute Gasteiger partial charge is 0.383 e. The van der Waals surface area contributed by atoms with Crippen molar-refractivity contribution in [2.75, 3.05) is 11.5 Å². The number of halogens is 1. The van der Waals surface area contributed by atoms with Crippen LogP contribution in [0.25, 0.3) is 11.0 Å². The molecule has 0 spiro atoms. The van der Waals surface area contributed by atoms with E-state index in [1.54, 1.807) is 0 Å². The molecule has 0 unspecified atom stereocenters. The van der Waals surface area contributed by atoms with Crippen molar-refractivity contribution >= 4 is 35.2 Å². The van der Waals surface area contributed by atoms with Crippen LogP contribution in [0.3, 0.4) is 0 Å². The third kappa shape index (κ3) is 2.94. The Morgan fingerprint density at radius 3 is 2.71 bits per heavy atom. The van der Waals surface area contributed by atoms with Gasteiger partial charge in [0, 0.05) is 6.20 Å². The van der Waals surface area contributed by atoms with Gasteiger partial charge in [-0.15, -0.1) is 12.4 Å². The van der Waals surface area contributed by atoms with Crippen LogP contribution in [0, 0.1) is 0 Å². The van der Waals surface area contributed by atoms with Crippen molar-refractivity contribution in [1.82, 2.24) is 15.0 Å². The average Bonchev–Trinajstić information content (AvgIpc) is 2.26. The van der Waals surface area contributed by atoms with Crippen LogP contribution in [0.1, 0.15) is 25.3 Å². The number of hydrogen-bond acceptors (Lipinski definition) is 5. The van der Waals surface area contributed by atoms with Crippen molar-refractivity contribution in [1.29, 1.82) is 0 Å². The summed E-state index contributed by atoms with van der Waals surface area (Å²) in [7, 11) is 0. The molecule has 6 heteroatoms. The van der Waals surface area contributed by atoms with Gasteiger partial charge in [0.2, 0.25) is 5.95 Å². The molecule has 5 nitrogen and oxygen atoms in total. The molecule has 0 bridgehead atoms. The smallest absolute Gasteiger partial charge is 0.224 e. The summed E-state index contributed by atoms with van der Waals surface area (Å²) < 4.78 is 0. The van der Waals surface area contributed by atoms with Crippen molar-refractivity contribution < 1.29 is 0 Å². The molecule has 2 heterocycles. The zero-order valence-corrected chi connectivity index (χ0v) is 10.5. The van der Waals surface area contributed by atoms with Crippen molar-refractivity contribution in [3.8, 4) is 0 Å². The predicted octanol–water partition coefficient (Wildman–Crippen LogP) is 1.95. The molecule has 0 saturated heterocycles. The van der Waals surface area contributed by atoms with Crippen molar-refractivity contribution in [2.24, 2.45) is 0 Å². The lowest BCUT2D eigenvalue weighted by atomic mass is 10.1. The minimum atomic E-state index is 0. The van der Waals surface area contributed by atoms with Crippen molar-refractivity contribution in [3.05, 3.63) is 17.8 Å². The second kappa shape index (κ2) is 5.63. The van der Waals surface area contributed by atoms with Gasteiger partial charge in [0.05, 0.1) is 5.39 Å². The van der Waals surface area contributed by atoms with Gasteiger partial charge < -0.3 is 11.5 Å². The van der Waals surface area contributed by atoms with Crippen LogP contribution in [-0.2, 0) is 6.42 Å². The molecule has 2 aromatic heterocycles. The van der Waals surface area contributed by atoms with E-state index in [1.807, 2.05) is 12.3 Å². The fraction of sp³-hybridized carbons (Fsp3) is 0.364. The highest BCUT2D eigenvalue weighted by Gasteiger charge is 2.05. The minimum absolute atomic E-state index is 0. The van der Waals surface area contributed by atoms with Crippen molar-refractivity contribution in [3.63, 3.8) is 0 Å². The summed E-state index contributed by atoms with van der Waals surface area (Å²) in [5.41, 5.74) is 13.0. The van der Waals surface area contributed by atoms with Gasteiger partial charge in [0.1, 0.15) is 5.82 Å². The maximum Gasteiger partial charge on any atom is 0.224 e. The number of fused-ring (bicyclic) bond motifs is 1. The van der Waals surface area contributed by atoms with Gasteiger partial charge in [-0.2, -0.15) is 9.97 Å². The Morgan fingerprint density at radius 2 is 2.00 bits per heavy atom. The van der Waals surface area contributed by atoms with E-state index in [1.165, 1.54) is 0 Å². The van der Waals surface area contributed by atoms with Gasteiger partial charge in [-0.1, -0.05) is 13.3 Å². The second-order valence-electron chi connectivity index (χ2n) is 3.79. The van der Waals surface area contributed by atoms with Gasteiger partial charge in [0.15, 0.2) is 5.65 Å². The molecule has 0 saturated carbocycles. The molecular formula is C11H16ClN5. The van der Waals surface area contributed by atoms with Crippen LogP contribution in [0.4, 0.5) is 11.8 Å². The summed E-state index contributed by atoms with van der Waals surface area (Å²) in [6, 6.07) is 1.99. The fourth-order valence-electron chi connectivity index (χ4n) is 1.61. The molecule has 0 aliphatic carbocycles. The number of hydrogen-bond donors (Lipinski definition) is 2. The molecule has 4 N–H and O–H groups in total. The van der Waals surface area contributed by atoms with Gasteiger partial charge in [-0.3, -0.25) is 0 Å². The van der Waals surface area contributed by atoms with Gasteiger partial charge in [-0.05, 0) is 24.5 Å². The van der Waals surface area contributed by atoms with Crippen LogP contribution in [0.5, 0.6) is 0 Å². The third-order valence-electron chi connectivity index (χ3n) is 2.47. The van der Waals surface area contributed by atoms with Gasteiger partial charge in [0.25, 0.3) is 0 Å². The summed E-state index contributed by atoms with van der Waals surface area (Å²) >= 11 is 0. The van der Waals surface area contributed by atoms with E-state index in [-0.39, 0.29) is 18.4 Å². The van der Waals surface area contributed by atoms with Crippen LogP contribution in [0.2, 0.25) is 0 Å². The number of pyridine rings is 1. The Bertz CT molecular complexity index is 514.